The summed E-state index contributed by atoms with van der Waals surface area (Å²) in [4.78, 5) is 12.2. The van der Waals surface area contributed by atoms with E-state index in [0.29, 0.717) is 28.6 Å². The number of nitrogen functional groups attached to an aromatic ring is 1. The van der Waals surface area contributed by atoms with E-state index >= 15 is 0 Å². The van der Waals surface area contributed by atoms with E-state index in [-0.39, 0.29) is 12.7 Å². The van der Waals surface area contributed by atoms with Crippen molar-refractivity contribution in [1.82, 2.24) is 9.78 Å². The molecule has 7 nitrogen and oxygen atoms in total. The smallest absolute Gasteiger partial charge is 0.259 e. The number of aryl methyl sites for hydroxylation is 1. The van der Waals surface area contributed by atoms with Gasteiger partial charge in [-0.2, -0.15) is 5.10 Å². The summed E-state index contributed by atoms with van der Waals surface area (Å²) >= 11 is 0. The quantitative estimate of drug-likeness (QED) is 0.785. The van der Waals surface area contributed by atoms with Crippen LogP contribution < -0.4 is 20.5 Å². The van der Waals surface area contributed by atoms with Gasteiger partial charge in [-0.05, 0) is 6.07 Å². The van der Waals surface area contributed by atoms with Crippen LogP contribution in [-0.2, 0) is 7.05 Å². The molecule has 1 aromatic carbocycles. The van der Waals surface area contributed by atoms with Gasteiger partial charge in [-0.1, -0.05) is 0 Å². The molecule has 0 saturated heterocycles. The average molecular weight is 260 g/mol. The van der Waals surface area contributed by atoms with Crippen molar-refractivity contribution in [2.45, 2.75) is 0 Å². The van der Waals surface area contributed by atoms with Crippen LogP contribution in [0.25, 0.3) is 0 Å². The molecule has 98 valence electrons. The van der Waals surface area contributed by atoms with Crippen LogP contribution in [0.4, 0.5) is 11.5 Å². The molecule has 0 saturated carbocycles. The number of rotatable bonds is 2. The lowest BCUT2D eigenvalue weighted by Gasteiger charge is -2.08. The van der Waals surface area contributed by atoms with Crippen molar-refractivity contribution in [2.24, 2.45) is 7.05 Å². The van der Waals surface area contributed by atoms with Crippen LogP contribution in [0.1, 0.15) is 10.4 Å². The number of benzene rings is 1. The number of aromatic nitrogens is 2. The molecule has 0 fully saturated rings. The number of carbonyl (C=O) groups excluding carboxylic acids is 1. The normalized spacial score (nSPS) is 12.5. The molecule has 1 aliphatic heterocycles. The Bertz CT molecular complexity index is 650. The fraction of sp³-hybridized carbons (Fsp3) is 0.167. The number of amides is 1. The van der Waals surface area contributed by atoms with Crippen LogP contribution in [0.2, 0.25) is 0 Å². The lowest BCUT2D eigenvalue weighted by molar-refractivity contribution is 0.102. The van der Waals surface area contributed by atoms with Gasteiger partial charge in [0, 0.05) is 24.9 Å². The molecular weight excluding hydrogens is 248 g/mol. The zero-order valence-electron chi connectivity index (χ0n) is 10.2. The summed E-state index contributed by atoms with van der Waals surface area (Å²) < 4.78 is 12.0. The maximum atomic E-state index is 12.2. The summed E-state index contributed by atoms with van der Waals surface area (Å²) in [5.41, 5.74) is 6.52. The van der Waals surface area contributed by atoms with Crippen molar-refractivity contribution in [2.75, 3.05) is 17.8 Å². The fourth-order valence-corrected chi connectivity index (χ4v) is 1.83. The van der Waals surface area contributed by atoms with E-state index in [1.54, 1.807) is 36.1 Å². The summed E-state index contributed by atoms with van der Waals surface area (Å²) in [7, 11) is 1.73. The number of fused-ring (bicyclic) bond motifs is 1. The highest BCUT2D eigenvalue weighted by molar-refractivity contribution is 6.08. The number of hydrogen-bond acceptors (Lipinski definition) is 5. The Kier molecular flexibility index (Phi) is 2.52. The molecule has 1 amide bonds. The molecule has 0 bridgehead atoms. The molecule has 2 heterocycles. The predicted octanol–water partition coefficient (Wildman–Crippen LogP) is 0.983. The fourth-order valence-electron chi connectivity index (χ4n) is 1.83. The summed E-state index contributed by atoms with van der Waals surface area (Å²) in [5.74, 6) is 1.33. The van der Waals surface area contributed by atoms with Crippen LogP contribution in [0, 0.1) is 0 Å². The van der Waals surface area contributed by atoms with Crippen molar-refractivity contribution in [3.05, 3.63) is 30.0 Å². The molecule has 1 aromatic heterocycles. The van der Waals surface area contributed by atoms with Crippen LogP contribution >= 0.6 is 0 Å². The number of hydrogen-bond donors (Lipinski definition) is 2. The zero-order valence-corrected chi connectivity index (χ0v) is 10.2. The second-order valence-corrected chi connectivity index (χ2v) is 4.09. The maximum absolute atomic E-state index is 12.2. The topological polar surface area (TPSA) is 91.4 Å². The highest BCUT2D eigenvalue weighted by atomic mass is 16.7. The molecule has 0 spiro atoms. The number of nitrogens with one attached hydrogen (secondary N) is 1. The minimum atomic E-state index is -0.320. The summed E-state index contributed by atoms with van der Waals surface area (Å²) in [6.07, 6.45) is 1.60. The highest BCUT2D eigenvalue weighted by Crippen LogP contribution is 2.36. The van der Waals surface area contributed by atoms with Crippen molar-refractivity contribution >= 4 is 17.4 Å². The van der Waals surface area contributed by atoms with Gasteiger partial charge in [-0.15, -0.1) is 0 Å². The SMILES string of the molecule is Cn1nccc1NC(=O)c1cc2c(cc1N)OCO2. The Morgan fingerprint density at radius 3 is 2.84 bits per heavy atom. The average Bonchev–Trinajstić information content (AvgIpc) is 2.97. The number of nitrogens with two attached hydrogens (primary N) is 1. The molecule has 0 unspecified atom stereocenters. The van der Waals surface area contributed by atoms with E-state index in [1.807, 2.05) is 0 Å². The Hall–Kier alpha value is -2.70. The Morgan fingerprint density at radius 1 is 1.42 bits per heavy atom. The molecule has 3 rings (SSSR count). The number of nitrogens with zero attached hydrogens (tertiary/aromatic N) is 2. The summed E-state index contributed by atoms with van der Waals surface area (Å²) in [6, 6.07) is 4.85. The van der Waals surface area contributed by atoms with Crippen LogP contribution in [-0.4, -0.2) is 22.5 Å². The number of carbonyl (C=O) groups is 1. The van der Waals surface area contributed by atoms with Crippen LogP contribution in [0.15, 0.2) is 24.4 Å². The lowest BCUT2D eigenvalue weighted by Crippen LogP contribution is -2.16. The van der Waals surface area contributed by atoms with Crippen LogP contribution in [0.5, 0.6) is 11.5 Å². The first-order chi connectivity index (χ1) is 9.15. The minimum absolute atomic E-state index is 0.140. The largest absolute Gasteiger partial charge is 0.454 e. The number of ether oxygens (including phenoxy) is 2. The van der Waals surface area contributed by atoms with E-state index in [2.05, 4.69) is 10.4 Å². The van der Waals surface area contributed by atoms with Crippen molar-refractivity contribution in [3.63, 3.8) is 0 Å². The molecule has 0 radical (unpaired) electrons. The predicted molar refractivity (Wildman–Crippen MR) is 68.1 cm³/mol. The van der Waals surface area contributed by atoms with Gasteiger partial charge in [0.25, 0.3) is 5.91 Å². The monoisotopic (exact) mass is 260 g/mol. The second-order valence-electron chi connectivity index (χ2n) is 4.09. The highest BCUT2D eigenvalue weighted by Gasteiger charge is 2.20. The molecule has 2 aromatic rings. The van der Waals surface area contributed by atoms with E-state index in [4.69, 9.17) is 15.2 Å². The first-order valence-corrected chi connectivity index (χ1v) is 5.63. The van der Waals surface area contributed by atoms with Gasteiger partial charge in [0.05, 0.1) is 11.8 Å². The van der Waals surface area contributed by atoms with Gasteiger partial charge in [0.1, 0.15) is 5.82 Å². The zero-order chi connectivity index (χ0) is 13.4. The van der Waals surface area contributed by atoms with Crippen LogP contribution in [0.3, 0.4) is 0 Å². The Balaban J connectivity index is 1.90. The van der Waals surface area contributed by atoms with Crippen molar-refractivity contribution < 1.29 is 14.3 Å². The van der Waals surface area contributed by atoms with Gasteiger partial charge in [-0.3, -0.25) is 9.48 Å². The van der Waals surface area contributed by atoms with E-state index in [1.165, 1.54) is 0 Å². The molecule has 7 heteroatoms. The van der Waals surface area contributed by atoms with Gasteiger partial charge >= 0.3 is 0 Å². The molecule has 3 N–H and O–H groups in total. The van der Waals surface area contributed by atoms with Crippen molar-refractivity contribution in [3.8, 4) is 11.5 Å². The summed E-state index contributed by atoms with van der Waals surface area (Å²) in [5, 5.41) is 6.69. The first-order valence-electron chi connectivity index (χ1n) is 5.63. The first kappa shape index (κ1) is 11.4. The lowest BCUT2D eigenvalue weighted by atomic mass is 10.1. The molecule has 0 atom stereocenters. The Labute approximate surface area is 108 Å². The third kappa shape index (κ3) is 1.95. The molecular formula is C12H12N4O3. The number of anilines is 2. The molecule has 1 aliphatic rings. The van der Waals surface area contributed by atoms with Gasteiger partial charge in [0.2, 0.25) is 6.79 Å². The van der Waals surface area contributed by atoms with Crippen molar-refractivity contribution in [1.29, 1.82) is 0 Å². The van der Waals surface area contributed by atoms with E-state index in [0.717, 1.165) is 0 Å². The molecule has 19 heavy (non-hydrogen) atoms. The van der Waals surface area contributed by atoms with E-state index in [9.17, 15) is 4.79 Å². The van der Waals surface area contributed by atoms with Gasteiger partial charge in [0.15, 0.2) is 11.5 Å². The maximum Gasteiger partial charge on any atom is 0.259 e. The third-order valence-corrected chi connectivity index (χ3v) is 2.85. The van der Waals surface area contributed by atoms with Gasteiger partial charge < -0.3 is 20.5 Å². The standard InChI is InChI=1S/C12H12N4O3/c1-16-11(2-3-14-16)15-12(17)7-4-9-10(5-8(7)13)19-6-18-9/h2-5H,6,13H2,1H3,(H,15,17). The second kappa shape index (κ2) is 4.20. The third-order valence-electron chi connectivity index (χ3n) is 2.85. The Morgan fingerprint density at radius 2 is 2.16 bits per heavy atom. The minimum Gasteiger partial charge on any atom is -0.454 e. The van der Waals surface area contributed by atoms with Gasteiger partial charge in [-0.25, -0.2) is 0 Å². The molecule has 0 aliphatic carbocycles. The van der Waals surface area contributed by atoms with E-state index < -0.39 is 0 Å². The summed E-state index contributed by atoms with van der Waals surface area (Å²) in [6.45, 7) is 0.140.